The molecule has 1 heterocycles. The van der Waals surface area contributed by atoms with Crippen molar-refractivity contribution in [3.8, 4) is 0 Å². The lowest BCUT2D eigenvalue weighted by Gasteiger charge is -2.20. The summed E-state index contributed by atoms with van der Waals surface area (Å²) in [4.78, 5) is 17.0. The van der Waals surface area contributed by atoms with Crippen molar-refractivity contribution in [2.45, 2.75) is 25.2 Å². The molecule has 0 aliphatic rings. The summed E-state index contributed by atoms with van der Waals surface area (Å²) in [6.45, 7) is 0.00205. The Balaban J connectivity index is 1.95. The van der Waals surface area contributed by atoms with Crippen molar-refractivity contribution in [1.82, 2.24) is 9.88 Å². The number of benzene rings is 1. The van der Waals surface area contributed by atoms with Gasteiger partial charge in [-0.25, -0.2) is 4.98 Å². The van der Waals surface area contributed by atoms with E-state index in [4.69, 9.17) is 5.73 Å². The minimum Gasteiger partial charge on any atom is -0.338 e. The van der Waals surface area contributed by atoms with Crippen LogP contribution < -0.4 is 5.73 Å². The van der Waals surface area contributed by atoms with Gasteiger partial charge in [0.1, 0.15) is 5.01 Å². The first-order valence-corrected chi connectivity index (χ1v) is 7.71. The number of likely N-dealkylation sites (N-methyl/N-ethyl adjacent to an activating group) is 1. The molecule has 1 aromatic heterocycles. The standard InChI is InChI=1S/C15H16F3N3OS/c1-21(8-13-20-12(9-23-13)15(16,17)18)14(22)11(19)7-10-5-3-2-4-6-10/h2-6,9,11H,7-8,19H2,1H3/t11-/m0/s1. The quantitative estimate of drug-likeness (QED) is 0.908. The van der Waals surface area contributed by atoms with E-state index in [-0.39, 0.29) is 17.5 Å². The molecule has 0 aliphatic heterocycles. The van der Waals surface area contributed by atoms with Crippen molar-refractivity contribution in [3.05, 3.63) is 52.0 Å². The number of nitrogens with two attached hydrogens (primary N) is 1. The molecule has 0 saturated heterocycles. The number of alkyl halides is 3. The first-order valence-electron chi connectivity index (χ1n) is 6.83. The molecule has 1 aromatic carbocycles. The minimum atomic E-state index is -4.47. The van der Waals surface area contributed by atoms with Gasteiger partial charge in [0.05, 0.1) is 12.6 Å². The van der Waals surface area contributed by atoms with Gasteiger partial charge in [0, 0.05) is 12.4 Å². The second kappa shape index (κ2) is 7.10. The highest BCUT2D eigenvalue weighted by atomic mass is 32.1. The molecule has 0 aliphatic carbocycles. The van der Waals surface area contributed by atoms with Crippen LogP contribution in [0.15, 0.2) is 35.7 Å². The number of aromatic nitrogens is 1. The van der Waals surface area contributed by atoms with Crippen molar-refractivity contribution >= 4 is 17.2 Å². The van der Waals surface area contributed by atoms with E-state index in [0.717, 1.165) is 22.3 Å². The second-order valence-corrected chi connectivity index (χ2v) is 6.06. The van der Waals surface area contributed by atoms with Gasteiger partial charge in [0.2, 0.25) is 5.91 Å². The van der Waals surface area contributed by atoms with Gasteiger partial charge in [-0.15, -0.1) is 11.3 Å². The average molecular weight is 343 g/mol. The zero-order chi connectivity index (χ0) is 17.0. The van der Waals surface area contributed by atoms with Crippen LogP contribution in [0.2, 0.25) is 0 Å². The lowest BCUT2D eigenvalue weighted by atomic mass is 10.1. The Morgan fingerprint density at radius 2 is 2.00 bits per heavy atom. The van der Waals surface area contributed by atoms with E-state index >= 15 is 0 Å². The van der Waals surface area contributed by atoms with Gasteiger partial charge in [-0.2, -0.15) is 13.2 Å². The van der Waals surface area contributed by atoms with E-state index in [1.165, 1.54) is 11.9 Å². The van der Waals surface area contributed by atoms with Gasteiger partial charge in [-0.1, -0.05) is 30.3 Å². The van der Waals surface area contributed by atoms with Gasteiger partial charge >= 0.3 is 6.18 Å². The number of nitrogens with zero attached hydrogens (tertiary/aromatic N) is 2. The maximum absolute atomic E-state index is 12.5. The molecule has 1 amide bonds. The Labute approximate surface area is 135 Å². The fourth-order valence-corrected chi connectivity index (χ4v) is 2.89. The van der Waals surface area contributed by atoms with Crippen LogP contribution in [-0.2, 0) is 23.9 Å². The smallest absolute Gasteiger partial charge is 0.338 e. The van der Waals surface area contributed by atoms with E-state index in [1.807, 2.05) is 30.3 Å². The summed E-state index contributed by atoms with van der Waals surface area (Å²) in [5, 5.41) is 1.16. The Morgan fingerprint density at radius 1 is 1.35 bits per heavy atom. The van der Waals surface area contributed by atoms with Crippen molar-refractivity contribution in [2.24, 2.45) is 5.73 Å². The highest BCUT2D eigenvalue weighted by Crippen LogP contribution is 2.30. The van der Waals surface area contributed by atoms with Crippen LogP contribution in [-0.4, -0.2) is 28.9 Å². The molecule has 1 atom stereocenters. The molecule has 2 aromatic rings. The maximum atomic E-state index is 12.5. The fraction of sp³-hybridized carbons (Fsp3) is 0.333. The Morgan fingerprint density at radius 3 is 2.57 bits per heavy atom. The Kier molecular flexibility index (Phi) is 5.38. The van der Waals surface area contributed by atoms with Crippen LogP contribution in [0.4, 0.5) is 13.2 Å². The molecule has 2 rings (SSSR count). The molecule has 0 saturated carbocycles. The number of thiazole rings is 1. The molecule has 23 heavy (non-hydrogen) atoms. The molecular formula is C15H16F3N3OS. The van der Waals surface area contributed by atoms with Crippen molar-refractivity contribution in [3.63, 3.8) is 0 Å². The lowest BCUT2D eigenvalue weighted by molar-refractivity contribution is -0.140. The third-order valence-corrected chi connectivity index (χ3v) is 4.04. The zero-order valence-corrected chi connectivity index (χ0v) is 13.2. The fourth-order valence-electron chi connectivity index (χ4n) is 2.03. The predicted molar refractivity (Wildman–Crippen MR) is 81.7 cm³/mol. The number of rotatable bonds is 5. The molecule has 0 unspecified atom stereocenters. The van der Waals surface area contributed by atoms with Gasteiger partial charge in [-0.05, 0) is 12.0 Å². The number of carbonyl (C=O) groups excluding carboxylic acids is 1. The van der Waals surface area contributed by atoms with E-state index in [9.17, 15) is 18.0 Å². The van der Waals surface area contributed by atoms with E-state index in [2.05, 4.69) is 4.98 Å². The SMILES string of the molecule is CN(Cc1nc(C(F)(F)F)cs1)C(=O)[C@@H](N)Cc1ccccc1. The Bertz CT molecular complexity index is 657. The normalized spacial score (nSPS) is 12.9. The molecule has 4 nitrogen and oxygen atoms in total. The monoisotopic (exact) mass is 343 g/mol. The van der Waals surface area contributed by atoms with Crippen LogP contribution in [0.25, 0.3) is 0 Å². The average Bonchev–Trinajstić information content (AvgIpc) is 2.96. The molecule has 0 spiro atoms. The number of amides is 1. The van der Waals surface area contributed by atoms with Crippen molar-refractivity contribution < 1.29 is 18.0 Å². The maximum Gasteiger partial charge on any atom is 0.434 e. The minimum absolute atomic E-state index is 0.00205. The van der Waals surface area contributed by atoms with E-state index in [1.54, 1.807) is 0 Å². The molecule has 8 heteroatoms. The van der Waals surface area contributed by atoms with Gasteiger partial charge in [-0.3, -0.25) is 4.79 Å². The second-order valence-electron chi connectivity index (χ2n) is 5.11. The predicted octanol–water partition coefficient (Wildman–Crippen LogP) is 2.69. The molecule has 124 valence electrons. The van der Waals surface area contributed by atoms with Crippen molar-refractivity contribution in [2.75, 3.05) is 7.05 Å². The van der Waals surface area contributed by atoms with Crippen LogP contribution >= 0.6 is 11.3 Å². The van der Waals surface area contributed by atoms with Gasteiger partial charge in [0.25, 0.3) is 0 Å². The summed E-state index contributed by atoms with van der Waals surface area (Å²) in [5.41, 5.74) is 5.88. The lowest BCUT2D eigenvalue weighted by Crippen LogP contribution is -2.42. The highest BCUT2D eigenvalue weighted by Gasteiger charge is 2.34. The molecule has 0 fully saturated rings. The summed E-state index contributed by atoms with van der Waals surface area (Å²) in [7, 11) is 1.50. The van der Waals surface area contributed by atoms with Crippen molar-refractivity contribution in [1.29, 1.82) is 0 Å². The van der Waals surface area contributed by atoms with Crippen LogP contribution in [0, 0.1) is 0 Å². The van der Waals surface area contributed by atoms with Gasteiger partial charge in [0.15, 0.2) is 5.69 Å². The molecule has 0 bridgehead atoms. The number of carbonyl (C=O) groups is 1. The molecule has 0 radical (unpaired) electrons. The topological polar surface area (TPSA) is 59.2 Å². The number of hydrogen-bond acceptors (Lipinski definition) is 4. The first-order chi connectivity index (χ1) is 10.8. The molecular weight excluding hydrogens is 327 g/mol. The highest BCUT2D eigenvalue weighted by molar-refractivity contribution is 7.09. The third-order valence-electron chi connectivity index (χ3n) is 3.21. The summed E-state index contributed by atoms with van der Waals surface area (Å²) >= 11 is 0.872. The summed E-state index contributed by atoms with van der Waals surface area (Å²) in [5.74, 6) is -0.336. The van der Waals surface area contributed by atoms with Gasteiger partial charge < -0.3 is 10.6 Å². The zero-order valence-electron chi connectivity index (χ0n) is 12.4. The number of hydrogen-bond donors (Lipinski definition) is 1. The third kappa shape index (κ3) is 4.77. The van der Waals surface area contributed by atoms with Crippen LogP contribution in [0.3, 0.4) is 0 Å². The first kappa shape index (κ1) is 17.4. The largest absolute Gasteiger partial charge is 0.434 e. The summed E-state index contributed by atoms with van der Waals surface area (Å²) < 4.78 is 37.5. The van der Waals surface area contributed by atoms with Crippen LogP contribution in [0.1, 0.15) is 16.3 Å². The van der Waals surface area contributed by atoms with Crippen LogP contribution in [0.5, 0.6) is 0 Å². The Hall–Kier alpha value is -1.93. The number of halogens is 3. The van der Waals surface area contributed by atoms with E-state index < -0.39 is 17.9 Å². The molecule has 2 N–H and O–H groups in total. The van der Waals surface area contributed by atoms with E-state index in [0.29, 0.717) is 6.42 Å². The summed E-state index contributed by atoms with van der Waals surface area (Å²) in [6.07, 6.45) is -4.10. The summed E-state index contributed by atoms with van der Waals surface area (Å²) in [6, 6.07) is 8.55.